The molecule has 0 fully saturated rings. The molecule has 2 aliphatic rings. The van der Waals surface area contributed by atoms with Gasteiger partial charge in [-0.3, -0.25) is 14.5 Å². The number of anilines is 3. The van der Waals surface area contributed by atoms with Gasteiger partial charge >= 0.3 is 0 Å². The minimum absolute atomic E-state index is 0.00613. The van der Waals surface area contributed by atoms with Gasteiger partial charge in [-0.15, -0.1) is 0 Å². The van der Waals surface area contributed by atoms with E-state index in [0.29, 0.717) is 36.7 Å². The van der Waals surface area contributed by atoms with Gasteiger partial charge in [-0.25, -0.2) is 4.98 Å². The Hall–Kier alpha value is -4.14. The highest BCUT2D eigenvalue weighted by molar-refractivity contribution is 6.06. The molecule has 0 aromatic carbocycles. The van der Waals surface area contributed by atoms with Gasteiger partial charge in [-0.1, -0.05) is 32.9 Å². The molecule has 39 heavy (non-hydrogen) atoms. The number of carbonyl (C=O) groups excluding carboxylic acids is 1. The van der Waals surface area contributed by atoms with Crippen molar-refractivity contribution < 1.29 is 9.32 Å². The highest BCUT2D eigenvalue weighted by atomic mass is 16.5. The summed E-state index contributed by atoms with van der Waals surface area (Å²) in [5.74, 6) is 1.90. The molecule has 9 heteroatoms. The summed E-state index contributed by atoms with van der Waals surface area (Å²) in [6.45, 7) is 9.95. The number of nitrogens with one attached hydrogen (secondary N) is 1. The van der Waals surface area contributed by atoms with Crippen LogP contribution in [0, 0.1) is 5.41 Å². The van der Waals surface area contributed by atoms with Crippen molar-refractivity contribution in [2.75, 3.05) is 16.8 Å². The zero-order valence-corrected chi connectivity index (χ0v) is 23.2. The summed E-state index contributed by atoms with van der Waals surface area (Å²) < 4.78 is 9.06. The number of aromatic nitrogens is 4. The summed E-state index contributed by atoms with van der Waals surface area (Å²) in [4.78, 5) is 33.2. The monoisotopic (exact) mass is 526 g/mol. The number of hydrogen-bond acceptors (Lipinski definition) is 6. The first-order chi connectivity index (χ1) is 18.7. The van der Waals surface area contributed by atoms with E-state index in [1.165, 1.54) is 11.3 Å². The fourth-order valence-electron chi connectivity index (χ4n) is 6.07. The van der Waals surface area contributed by atoms with Crippen LogP contribution in [-0.2, 0) is 39.3 Å². The third kappa shape index (κ3) is 4.26. The quantitative estimate of drug-likeness (QED) is 0.384. The van der Waals surface area contributed by atoms with E-state index in [1.54, 1.807) is 23.9 Å². The fraction of sp³-hybridized carbons (Fsp3) is 0.400. The summed E-state index contributed by atoms with van der Waals surface area (Å²) in [5.41, 5.74) is 6.60. The second kappa shape index (κ2) is 9.25. The Bertz CT molecular complexity index is 1660. The molecule has 0 radical (unpaired) electrons. The maximum atomic E-state index is 13.8. The molecule has 4 aromatic rings. The molecule has 0 unspecified atom stereocenters. The Morgan fingerprint density at radius 2 is 1.90 bits per heavy atom. The molecule has 0 atom stereocenters. The molecular weight excluding hydrogens is 492 g/mol. The zero-order valence-electron chi connectivity index (χ0n) is 23.2. The van der Waals surface area contributed by atoms with Crippen molar-refractivity contribution in [3.05, 3.63) is 75.3 Å². The van der Waals surface area contributed by atoms with Crippen molar-refractivity contribution in [2.24, 2.45) is 12.5 Å². The lowest BCUT2D eigenvalue weighted by atomic mass is 9.90. The maximum absolute atomic E-state index is 13.8. The van der Waals surface area contributed by atoms with Gasteiger partial charge in [0, 0.05) is 61.8 Å². The van der Waals surface area contributed by atoms with Crippen LogP contribution in [0.25, 0.3) is 11.1 Å². The van der Waals surface area contributed by atoms with Crippen molar-refractivity contribution >= 4 is 23.2 Å². The number of carbonyl (C=O) groups is 1. The Labute approximate surface area is 227 Å². The number of pyridine rings is 2. The molecular formula is C30H34N6O3. The molecule has 0 spiro atoms. The predicted molar refractivity (Wildman–Crippen MR) is 151 cm³/mol. The molecule has 0 saturated heterocycles. The number of hydrogen-bond donors (Lipinski definition) is 1. The van der Waals surface area contributed by atoms with Crippen LogP contribution in [0.1, 0.15) is 60.8 Å². The molecule has 4 aromatic heterocycles. The third-order valence-corrected chi connectivity index (χ3v) is 7.93. The van der Waals surface area contributed by atoms with E-state index < -0.39 is 0 Å². The Kier molecular flexibility index (Phi) is 5.97. The SMILES string of the molecule is CCc1cc(Nc2cc(-c3ccnc(N4CCn5c(cc6c5CC(C)(C)C6)C4=O)c3CC)cn(C)c2=O)no1. The van der Waals surface area contributed by atoms with Gasteiger partial charge in [0.25, 0.3) is 11.5 Å². The average Bonchev–Trinajstić information content (AvgIpc) is 3.59. The van der Waals surface area contributed by atoms with Crippen molar-refractivity contribution in [3.63, 3.8) is 0 Å². The Morgan fingerprint density at radius 1 is 1.08 bits per heavy atom. The van der Waals surface area contributed by atoms with Crippen LogP contribution in [0.15, 0.2) is 46.0 Å². The zero-order chi connectivity index (χ0) is 27.5. The second-order valence-corrected chi connectivity index (χ2v) is 11.4. The Morgan fingerprint density at radius 3 is 2.64 bits per heavy atom. The number of rotatable bonds is 6. The molecule has 0 saturated carbocycles. The molecule has 1 aliphatic carbocycles. The van der Waals surface area contributed by atoms with Crippen molar-refractivity contribution in [1.29, 1.82) is 0 Å². The van der Waals surface area contributed by atoms with Crippen molar-refractivity contribution in [3.8, 4) is 11.1 Å². The summed E-state index contributed by atoms with van der Waals surface area (Å²) in [6, 6.07) is 7.66. The van der Waals surface area contributed by atoms with E-state index in [1.807, 2.05) is 30.2 Å². The van der Waals surface area contributed by atoms with Crippen LogP contribution in [0.2, 0.25) is 0 Å². The van der Waals surface area contributed by atoms with E-state index >= 15 is 0 Å². The van der Waals surface area contributed by atoms with Crippen LogP contribution < -0.4 is 15.8 Å². The maximum Gasteiger partial charge on any atom is 0.276 e. The van der Waals surface area contributed by atoms with Crippen molar-refractivity contribution in [1.82, 2.24) is 19.3 Å². The lowest BCUT2D eigenvalue weighted by Gasteiger charge is -2.31. The normalized spacial score (nSPS) is 15.9. The molecule has 1 aliphatic heterocycles. The first-order valence-electron chi connectivity index (χ1n) is 13.6. The molecule has 0 bridgehead atoms. The molecule has 202 valence electrons. The summed E-state index contributed by atoms with van der Waals surface area (Å²) in [6.07, 6.45) is 6.97. The molecule has 1 amide bonds. The first kappa shape index (κ1) is 25.2. The molecule has 1 N–H and O–H groups in total. The van der Waals surface area contributed by atoms with Crippen LogP contribution in [0.4, 0.5) is 17.3 Å². The largest absolute Gasteiger partial charge is 0.359 e. The molecule has 6 rings (SSSR count). The summed E-state index contributed by atoms with van der Waals surface area (Å²) >= 11 is 0. The lowest BCUT2D eigenvalue weighted by Crippen LogP contribution is -2.41. The number of amides is 1. The first-order valence-corrected chi connectivity index (χ1v) is 13.6. The van der Waals surface area contributed by atoms with Crippen molar-refractivity contribution in [2.45, 2.75) is 59.9 Å². The topological polar surface area (TPSA) is 98.2 Å². The molecule has 9 nitrogen and oxygen atoms in total. The van der Waals surface area contributed by atoms with Gasteiger partial charge in [-0.05, 0) is 54.0 Å². The van der Waals surface area contributed by atoms with Gasteiger partial charge in [-0.2, -0.15) is 0 Å². The van der Waals surface area contributed by atoms with Crippen LogP contribution in [0.5, 0.6) is 0 Å². The van der Waals surface area contributed by atoms with E-state index in [9.17, 15) is 9.59 Å². The summed E-state index contributed by atoms with van der Waals surface area (Å²) in [7, 11) is 1.73. The minimum Gasteiger partial charge on any atom is -0.359 e. The van der Waals surface area contributed by atoms with E-state index in [2.05, 4.69) is 41.9 Å². The van der Waals surface area contributed by atoms with Crippen LogP contribution in [0.3, 0.4) is 0 Å². The van der Waals surface area contributed by atoms with E-state index in [-0.39, 0.29) is 16.9 Å². The minimum atomic E-state index is -0.171. The smallest absolute Gasteiger partial charge is 0.276 e. The highest BCUT2D eigenvalue weighted by Crippen LogP contribution is 2.40. The van der Waals surface area contributed by atoms with Crippen LogP contribution >= 0.6 is 0 Å². The fourth-order valence-corrected chi connectivity index (χ4v) is 6.07. The Balaban J connectivity index is 1.37. The van der Waals surface area contributed by atoms with Gasteiger partial charge in [0.2, 0.25) is 0 Å². The second-order valence-electron chi connectivity index (χ2n) is 11.4. The number of fused-ring (bicyclic) bond motifs is 3. The summed E-state index contributed by atoms with van der Waals surface area (Å²) in [5, 5.41) is 7.14. The predicted octanol–water partition coefficient (Wildman–Crippen LogP) is 4.89. The van der Waals surface area contributed by atoms with Gasteiger partial charge in [0.15, 0.2) is 5.82 Å². The number of nitrogens with zero attached hydrogens (tertiary/aromatic N) is 5. The highest BCUT2D eigenvalue weighted by Gasteiger charge is 2.37. The third-order valence-electron chi connectivity index (χ3n) is 7.93. The van der Waals surface area contributed by atoms with E-state index in [0.717, 1.165) is 47.5 Å². The molecule has 5 heterocycles. The van der Waals surface area contributed by atoms with E-state index in [4.69, 9.17) is 9.51 Å². The van der Waals surface area contributed by atoms with Gasteiger partial charge < -0.3 is 19.0 Å². The standard InChI is InChI=1S/C30H34N6O3/c1-6-20-14-26(33-39-20)32-23-12-19(17-34(5)28(23)37)22-8-9-31-27(21(22)7-2)36-11-10-35-24(29(36)38)13-18-15-30(3,4)16-25(18)35/h8-9,12-14,17H,6-7,10-11,15-16H2,1-5H3,(H,32,33). The van der Waals surface area contributed by atoms with Crippen LogP contribution in [-0.4, -0.2) is 31.7 Å². The van der Waals surface area contributed by atoms with Gasteiger partial charge in [0.05, 0.1) is 0 Å². The average molecular weight is 527 g/mol. The van der Waals surface area contributed by atoms with Gasteiger partial charge in [0.1, 0.15) is 23.0 Å². The lowest BCUT2D eigenvalue weighted by molar-refractivity contribution is 0.0963. The number of aryl methyl sites for hydroxylation is 2.